The quantitative estimate of drug-likeness (QED) is 0.852. The second kappa shape index (κ2) is 5.84. The predicted octanol–water partition coefficient (Wildman–Crippen LogP) is 1.67. The fourth-order valence-electron chi connectivity index (χ4n) is 2.15. The lowest BCUT2D eigenvalue weighted by Gasteiger charge is -2.17. The van der Waals surface area contributed by atoms with Gasteiger partial charge >= 0.3 is 6.09 Å². The van der Waals surface area contributed by atoms with E-state index in [2.05, 4.69) is 0 Å². The second-order valence-electron chi connectivity index (χ2n) is 4.28. The van der Waals surface area contributed by atoms with Gasteiger partial charge in [-0.15, -0.1) is 0 Å². The number of primary amides is 1. The Bertz CT molecular complexity index is 415. The first kappa shape index (κ1) is 12.9. The van der Waals surface area contributed by atoms with E-state index in [-0.39, 0.29) is 12.7 Å². The van der Waals surface area contributed by atoms with Crippen LogP contribution in [-0.2, 0) is 9.47 Å². The van der Waals surface area contributed by atoms with Crippen LogP contribution in [0.3, 0.4) is 0 Å². The molecule has 5 nitrogen and oxygen atoms in total. The Kier molecular flexibility index (Phi) is 4.17. The van der Waals surface area contributed by atoms with E-state index < -0.39 is 12.2 Å². The number of hydrogen-bond donors (Lipinski definition) is 2. The summed E-state index contributed by atoms with van der Waals surface area (Å²) in [6.45, 7) is 0.480. The molecule has 1 aromatic carbocycles. The van der Waals surface area contributed by atoms with E-state index in [0.29, 0.717) is 0 Å². The van der Waals surface area contributed by atoms with Gasteiger partial charge < -0.3 is 20.3 Å². The lowest BCUT2D eigenvalue weighted by atomic mass is 10.0. The van der Waals surface area contributed by atoms with Crippen molar-refractivity contribution < 1.29 is 19.4 Å². The van der Waals surface area contributed by atoms with Crippen molar-refractivity contribution >= 4 is 6.09 Å². The smallest absolute Gasteiger partial charge is 0.405 e. The maximum Gasteiger partial charge on any atom is 0.405 e. The number of aliphatic hydroxyl groups is 1. The standard InChI is InChI=1S/C13H17NO4/c14-13(16)18-12(8-15)10-4-1-3-9(7-10)11-5-2-6-17-11/h1,3-4,7,11-12,15H,2,5-6,8H2,(H2,14,16)/t11?,12-/m1/s1. The Morgan fingerprint density at radius 2 is 2.44 bits per heavy atom. The molecule has 1 heterocycles. The molecule has 5 heteroatoms. The molecule has 0 saturated carbocycles. The highest BCUT2D eigenvalue weighted by Gasteiger charge is 2.20. The van der Waals surface area contributed by atoms with Gasteiger partial charge in [-0.2, -0.15) is 0 Å². The van der Waals surface area contributed by atoms with Crippen molar-refractivity contribution in [3.63, 3.8) is 0 Å². The number of hydrogen-bond acceptors (Lipinski definition) is 4. The number of carbonyl (C=O) groups excluding carboxylic acids is 1. The van der Waals surface area contributed by atoms with Crippen LogP contribution in [-0.4, -0.2) is 24.4 Å². The molecular weight excluding hydrogens is 234 g/mol. The molecule has 2 atom stereocenters. The van der Waals surface area contributed by atoms with Gasteiger partial charge in [0, 0.05) is 6.61 Å². The average Bonchev–Trinajstić information content (AvgIpc) is 2.89. The zero-order valence-electron chi connectivity index (χ0n) is 10.0. The summed E-state index contributed by atoms with van der Waals surface area (Å²) in [5, 5.41) is 9.22. The molecule has 18 heavy (non-hydrogen) atoms. The molecule has 0 aliphatic carbocycles. The van der Waals surface area contributed by atoms with E-state index in [9.17, 15) is 9.90 Å². The van der Waals surface area contributed by atoms with Crippen molar-refractivity contribution in [2.45, 2.75) is 25.0 Å². The first-order chi connectivity index (χ1) is 8.70. The van der Waals surface area contributed by atoms with Crippen LogP contribution in [0.4, 0.5) is 4.79 Å². The van der Waals surface area contributed by atoms with E-state index >= 15 is 0 Å². The monoisotopic (exact) mass is 251 g/mol. The molecule has 0 spiro atoms. The Morgan fingerprint density at radius 1 is 1.61 bits per heavy atom. The Balaban J connectivity index is 2.16. The Labute approximate surface area is 106 Å². The van der Waals surface area contributed by atoms with Crippen LogP contribution >= 0.6 is 0 Å². The largest absolute Gasteiger partial charge is 0.439 e. The van der Waals surface area contributed by atoms with Crippen molar-refractivity contribution in [1.82, 2.24) is 0 Å². The molecule has 1 fully saturated rings. The van der Waals surface area contributed by atoms with Gasteiger partial charge in [0.1, 0.15) is 0 Å². The fourth-order valence-corrected chi connectivity index (χ4v) is 2.15. The molecule has 1 amide bonds. The first-order valence-corrected chi connectivity index (χ1v) is 5.99. The molecule has 0 aromatic heterocycles. The van der Waals surface area contributed by atoms with E-state index in [1.54, 1.807) is 6.07 Å². The van der Waals surface area contributed by atoms with Crippen LogP contribution in [0.15, 0.2) is 24.3 Å². The molecule has 0 radical (unpaired) electrons. The summed E-state index contributed by atoms with van der Waals surface area (Å²) in [5.74, 6) is 0. The van der Waals surface area contributed by atoms with Gasteiger partial charge in [0.05, 0.1) is 12.7 Å². The highest BCUT2D eigenvalue weighted by atomic mass is 16.6. The van der Waals surface area contributed by atoms with Gasteiger partial charge in [-0.25, -0.2) is 4.79 Å². The lowest BCUT2D eigenvalue weighted by molar-refractivity contribution is 0.0629. The van der Waals surface area contributed by atoms with Crippen molar-refractivity contribution in [1.29, 1.82) is 0 Å². The Hall–Kier alpha value is -1.59. The lowest BCUT2D eigenvalue weighted by Crippen LogP contribution is -2.19. The number of rotatable bonds is 4. The molecule has 1 aromatic rings. The topological polar surface area (TPSA) is 81.8 Å². The molecule has 0 bridgehead atoms. The zero-order chi connectivity index (χ0) is 13.0. The maximum atomic E-state index is 10.7. The van der Waals surface area contributed by atoms with Gasteiger partial charge in [-0.05, 0) is 30.0 Å². The molecular formula is C13H17NO4. The minimum absolute atomic E-state index is 0.0953. The van der Waals surface area contributed by atoms with E-state index in [4.69, 9.17) is 15.2 Å². The SMILES string of the molecule is NC(=O)O[C@H](CO)c1cccc(C2CCCO2)c1. The summed E-state index contributed by atoms with van der Waals surface area (Å²) in [6, 6.07) is 7.51. The zero-order valence-corrected chi connectivity index (χ0v) is 10.0. The summed E-state index contributed by atoms with van der Waals surface area (Å²) in [6.07, 6.45) is 0.526. The second-order valence-corrected chi connectivity index (χ2v) is 4.28. The van der Waals surface area contributed by atoms with E-state index in [1.807, 2.05) is 18.2 Å². The van der Waals surface area contributed by atoms with E-state index in [0.717, 1.165) is 30.6 Å². The minimum Gasteiger partial charge on any atom is -0.439 e. The molecule has 1 aliphatic heterocycles. The minimum atomic E-state index is -0.892. The van der Waals surface area contributed by atoms with Crippen molar-refractivity contribution in [2.24, 2.45) is 5.73 Å². The third-order valence-corrected chi connectivity index (χ3v) is 3.01. The molecule has 1 unspecified atom stereocenters. The van der Waals surface area contributed by atoms with Crippen LogP contribution in [0.5, 0.6) is 0 Å². The summed E-state index contributed by atoms with van der Waals surface area (Å²) < 4.78 is 10.4. The number of ether oxygens (including phenoxy) is 2. The molecule has 1 saturated heterocycles. The maximum absolute atomic E-state index is 10.7. The Morgan fingerprint density at radius 3 is 3.06 bits per heavy atom. The molecule has 2 rings (SSSR count). The van der Waals surface area contributed by atoms with Crippen molar-refractivity contribution in [2.75, 3.05) is 13.2 Å². The normalized spacial score (nSPS) is 20.6. The summed E-state index contributed by atoms with van der Waals surface area (Å²) in [5.41, 5.74) is 6.73. The number of amides is 1. The summed E-state index contributed by atoms with van der Waals surface area (Å²) >= 11 is 0. The third-order valence-electron chi connectivity index (χ3n) is 3.01. The van der Waals surface area contributed by atoms with Crippen LogP contribution < -0.4 is 5.73 Å². The van der Waals surface area contributed by atoms with Crippen LogP contribution in [0.25, 0.3) is 0 Å². The average molecular weight is 251 g/mol. The van der Waals surface area contributed by atoms with E-state index in [1.165, 1.54) is 0 Å². The van der Waals surface area contributed by atoms with Crippen LogP contribution in [0.2, 0.25) is 0 Å². The molecule has 1 aliphatic rings. The highest BCUT2D eigenvalue weighted by Crippen LogP contribution is 2.30. The van der Waals surface area contributed by atoms with Crippen molar-refractivity contribution in [3.8, 4) is 0 Å². The van der Waals surface area contributed by atoms with Gasteiger partial charge in [0.2, 0.25) is 0 Å². The number of benzene rings is 1. The van der Waals surface area contributed by atoms with Gasteiger partial charge in [-0.3, -0.25) is 0 Å². The first-order valence-electron chi connectivity index (χ1n) is 5.99. The van der Waals surface area contributed by atoms with Crippen LogP contribution in [0, 0.1) is 0 Å². The summed E-state index contributed by atoms with van der Waals surface area (Å²) in [4.78, 5) is 10.7. The van der Waals surface area contributed by atoms with Gasteiger partial charge in [0.25, 0.3) is 0 Å². The van der Waals surface area contributed by atoms with Crippen LogP contribution in [0.1, 0.15) is 36.2 Å². The van der Waals surface area contributed by atoms with Crippen molar-refractivity contribution in [3.05, 3.63) is 35.4 Å². The van der Waals surface area contributed by atoms with Gasteiger partial charge in [-0.1, -0.05) is 18.2 Å². The number of nitrogens with two attached hydrogens (primary N) is 1. The fraction of sp³-hybridized carbons (Fsp3) is 0.462. The predicted molar refractivity (Wildman–Crippen MR) is 64.9 cm³/mol. The molecule has 3 N–H and O–H groups in total. The number of aliphatic hydroxyl groups excluding tert-OH is 1. The third kappa shape index (κ3) is 3.00. The summed E-state index contributed by atoms with van der Waals surface area (Å²) in [7, 11) is 0. The molecule has 98 valence electrons. The number of carbonyl (C=O) groups is 1. The highest BCUT2D eigenvalue weighted by molar-refractivity contribution is 5.65. The van der Waals surface area contributed by atoms with Gasteiger partial charge in [0.15, 0.2) is 6.10 Å².